The van der Waals surface area contributed by atoms with Gasteiger partial charge in [-0.2, -0.15) is 0 Å². The van der Waals surface area contributed by atoms with Gasteiger partial charge in [0, 0.05) is 10.6 Å². The number of halogens is 2. The monoisotopic (exact) mass is 344 g/mol. The standard InChI is InChI=1S/C15H15ClFNO3S/c1-21-10-5-7-11(8-6-10)22(19,20)14(9-18)15-12(16)3-2-4-13(15)17/h2-8,14H,9,18H2,1H3/p+1/t14-/m0/s1. The topological polar surface area (TPSA) is 71.0 Å². The minimum absolute atomic E-state index is 0.0327. The van der Waals surface area contributed by atoms with Crippen LogP contribution in [-0.4, -0.2) is 22.1 Å². The lowest BCUT2D eigenvalue weighted by molar-refractivity contribution is -0.367. The van der Waals surface area contributed by atoms with Crippen LogP contribution in [0.25, 0.3) is 0 Å². The Bertz CT molecular complexity index is 743. The van der Waals surface area contributed by atoms with Crippen molar-refractivity contribution in [3.05, 3.63) is 58.9 Å². The van der Waals surface area contributed by atoms with Crippen molar-refractivity contribution in [2.75, 3.05) is 13.7 Å². The predicted molar refractivity (Wildman–Crippen MR) is 82.1 cm³/mol. The average Bonchev–Trinajstić information content (AvgIpc) is 2.51. The van der Waals surface area contributed by atoms with E-state index in [0.29, 0.717) is 5.75 Å². The molecule has 0 heterocycles. The van der Waals surface area contributed by atoms with E-state index in [-0.39, 0.29) is 22.0 Å². The number of hydrogen-bond acceptors (Lipinski definition) is 3. The maximum absolute atomic E-state index is 14.1. The molecule has 2 aromatic carbocycles. The number of hydrogen-bond donors (Lipinski definition) is 1. The molecular formula is C15H16ClFNO3S+. The summed E-state index contributed by atoms with van der Waals surface area (Å²) in [5.41, 5.74) is 3.59. The lowest BCUT2D eigenvalue weighted by atomic mass is 10.1. The van der Waals surface area contributed by atoms with E-state index in [1.165, 1.54) is 49.6 Å². The van der Waals surface area contributed by atoms with Gasteiger partial charge in [-0.1, -0.05) is 17.7 Å². The second-order valence-electron chi connectivity index (χ2n) is 4.63. The number of benzene rings is 2. The van der Waals surface area contributed by atoms with Gasteiger partial charge in [0.1, 0.15) is 16.8 Å². The number of rotatable bonds is 5. The molecular weight excluding hydrogens is 329 g/mol. The van der Waals surface area contributed by atoms with Gasteiger partial charge in [0.15, 0.2) is 9.84 Å². The van der Waals surface area contributed by atoms with Gasteiger partial charge in [0.05, 0.1) is 18.6 Å². The van der Waals surface area contributed by atoms with Gasteiger partial charge in [-0.05, 0) is 36.4 Å². The van der Waals surface area contributed by atoms with E-state index in [2.05, 4.69) is 5.73 Å². The third-order valence-electron chi connectivity index (χ3n) is 3.35. The molecule has 0 bridgehead atoms. The maximum Gasteiger partial charge on any atom is 0.191 e. The summed E-state index contributed by atoms with van der Waals surface area (Å²) in [4.78, 5) is 0.0706. The molecule has 0 unspecified atom stereocenters. The molecule has 0 spiro atoms. The minimum Gasteiger partial charge on any atom is -0.497 e. The molecule has 0 aliphatic rings. The van der Waals surface area contributed by atoms with Gasteiger partial charge in [-0.3, -0.25) is 0 Å². The Balaban J connectivity index is 2.53. The van der Waals surface area contributed by atoms with E-state index >= 15 is 0 Å². The highest BCUT2D eigenvalue weighted by Crippen LogP contribution is 2.34. The number of sulfone groups is 1. The van der Waals surface area contributed by atoms with Crippen molar-refractivity contribution < 1.29 is 23.3 Å². The van der Waals surface area contributed by atoms with E-state index < -0.39 is 20.9 Å². The van der Waals surface area contributed by atoms with E-state index in [9.17, 15) is 12.8 Å². The van der Waals surface area contributed by atoms with Crippen molar-refractivity contribution in [3.8, 4) is 5.75 Å². The van der Waals surface area contributed by atoms with Crippen molar-refractivity contribution in [3.63, 3.8) is 0 Å². The Labute approximate surface area is 133 Å². The molecule has 3 N–H and O–H groups in total. The van der Waals surface area contributed by atoms with Crippen molar-refractivity contribution in [1.29, 1.82) is 0 Å². The van der Waals surface area contributed by atoms with Gasteiger partial charge in [0.2, 0.25) is 0 Å². The minimum atomic E-state index is -3.82. The Morgan fingerprint density at radius 1 is 1.23 bits per heavy atom. The molecule has 1 atom stereocenters. The van der Waals surface area contributed by atoms with Gasteiger partial charge >= 0.3 is 0 Å². The molecule has 2 aromatic rings. The molecule has 0 radical (unpaired) electrons. The van der Waals surface area contributed by atoms with Crippen molar-refractivity contribution in [1.82, 2.24) is 0 Å². The molecule has 0 aliphatic heterocycles. The average molecular weight is 345 g/mol. The molecule has 0 aliphatic carbocycles. The van der Waals surface area contributed by atoms with Crippen LogP contribution >= 0.6 is 11.6 Å². The molecule has 0 amide bonds. The first-order chi connectivity index (χ1) is 10.4. The molecule has 0 fully saturated rings. The lowest BCUT2D eigenvalue weighted by Crippen LogP contribution is -2.54. The third kappa shape index (κ3) is 3.09. The molecule has 22 heavy (non-hydrogen) atoms. The van der Waals surface area contributed by atoms with Crippen LogP contribution in [0.15, 0.2) is 47.4 Å². The van der Waals surface area contributed by atoms with Crippen LogP contribution in [0.3, 0.4) is 0 Å². The van der Waals surface area contributed by atoms with Gasteiger partial charge in [-0.15, -0.1) is 0 Å². The number of quaternary nitrogens is 1. The van der Waals surface area contributed by atoms with Crippen LogP contribution in [0.5, 0.6) is 5.75 Å². The van der Waals surface area contributed by atoms with Crippen molar-refractivity contribution in [2.45, 2.75) is 10.1 Å². The molecule has 7 heteroatoms. The van der Waals surface area contributed by atoms with Crippen LogP contribution < -0.4 is 10.5 Å². The van der Waals surface area contributed by atoms with Gasteiger partial charge in [0.25, 0.3) is 0 Å². The predicted octanol–water partition coefficient (Wildman–Crippen LogP) is 2.24. The van der Waals surface area contributed by atoms with Crippen molar-refractivity contribution in [2.24, 2.45) is 0 Å². The fourth-order valence-electron chi connectivity index (χ4n) is 2.20. The Morgan fingerprint density at radius 2 is 1.86 bits per heavy atom. The highest BCUT2D eigenvalue weighted by Gasteiger charge is 2.33. The van der Waals surface area contributed by atoms with Crippen LogP contribution in [0.4, 0.5) is 4.39 Å². The largest absolute Gasteiger partial charge is 0.497 e. The smallest absolute Gasteiger partial charge is 0.191 e. The summed E-state index contributed by atoms with van der Waals surface area (Å²) in [5, 5.41) is -1.07. The summed E-state index contributed by atoms with van der Waals surface area (Å²) in [6.45, 7) is -0.0327. The molecule has 0 saturated carbocycles. The van der Waals surface area contributed by atoms with Crippen LogP contribution in [0.1, 0.15) is 10.8 Å². The maximum atomic E-state index is 14.1. The number of ether oxygens (including phenoxy) is 1. The zero-order chi connectivity index (χ0) is 16.3. The summed E-state index contributed by atoms with van der Waals surface area (Å²) in [5.74, 6) is -0.118. The summed E-state index contributed by atoms with van der Waals surface area (Å²) < 4.78 is 44.6. The number of methoxy groups -OCH3 is 1. The van der Waals surface area contributed by atoms with Crippen molar-refractivity contribution >= 4 is 21.4 Å². The van der Waals surface area contributed by atoms with Crippen LogP contribution in [-0.2, 0) is 9.84 Å². The summed E-state index contributed by atoms with van der Waals surface area (Å²) in [6.07, 6.45) is 0. The first kappa shape index (κ1) is 16.7. The summed E-state index contributed by atoms with van der Waals surface area (Å²) in [6, 6.07) is 10.0. The highest BCUT2D eigenvalue weighted by molar-refractivity contribution is 7.91. The molecule has 0 saturated heterocycles. The first-order valence-electron chi connectivity index (χ1n) is 6.53. The van der Waals surface area contributed by atoms with E-state index in [4.69, 9.17) is 16.3 Å². The quantitative estimate of drug-likeness (QED) is 0.904. The first-order valence-corrected chi connectivity index (χ1v) is 8.45. The van der Waals surface area contributed by atoms with Gasteiger partial charge < -0.3 is 10.5 Å². The summed E-state index contributed by atoms with van der Waals surface area (Å²) in [7, 11) is -2.33. The second-order valence-corrected chi connectivity index (χ2v) is 7.17. The lowest BCUT2D eigenvalue weighted by Gasteiger charge is -2.17. The summed E-state index contributed by atoms with van der Waals surface area (Å²) >= 11 is 5.99. The van der Waals surface area contributed by atoms with Crippen LogP contribution in [0, 0.1) is 5.82 Å². The normalized spacial score (nSPS) is 12.9. The van der Waals surface area contributed by atoms with Gasteiger partial charge in [-0.25, -0.2) is 12.8 Å². The fourth-order valence-corrected chi connectivity index (χ4v) is 4.27. The SMILES string of the molecule is COc1ccc(S(=O)(=O)[C@@H](C[NH3+])c2c(F)cccc2Cl)cc1. The third-order valence-corrected chi connectivity index (χ3v) is 5.83. The Hall–Kier alpha value is -1.63. The highest BCUT2D eigenvalue weighted by atomic mass is 35.5. The fraction of sp³-hybridized carbons (Fsp3) is 0.200. The Kier molecular flexibility index (Phi) is 5.05. The van der Waals surface area contributed by atoms with E-state index in [1.807, 2.05) is 0 Å². The van der Waals surface area contributed by atoms with E-state index in [1.54, 1.807) is 0 Å². The van der Waals surface area contributed by atoms with Crippen LogP contribution in [0.2, 0.25) is 5.02 Å². The molecule has 118 valence electrons. The molecule has 2 rings (SSSR count). The van der Waals surface area contributed by atoms with E-state index in [0.717, 1.165) is 0 Å². The second kappa shape index (κ2) is 6.64. The molecule has 4 nitrogen and oxygen atoms in total. The zero-order valence-corrected chi connectivity index (χ0v) is 13.5. The molecule has 0 aromatic heterocycles. The zero-order valence-electron chi connectivity index (χ0n) is 11.9. The Morgan fingerprint density at radius 3 is 2.36 bits per heavy atom.